The van der Waals surface area contributed by atoms with Gasteiger partial charge in [-0.25, -0.2) is 13.2 Å². The van der Waals surface area contributed by atoms with Crippen LogP contribution in [-0.4, -0.2) is 55.9 Å². The molecule has 1 atom stereocenters. The third-order valence-corrected chi connectivity index (χ3v) is 7.81. The van der Waals surface area contributed by atoms with Crippen LogP contribution in [0.2, 0.25) is 0 Å². The zero-order valence-corrected chi connectivity index (χ0v) is 19.2. The predicted molar refractivity (Wildman–Crippen MR) is 117 cm³/mol. The van der Waals surface area contributed by atoms with Crippen LogP contribution < -0.4 is 10.6 Å². The van der Waals surface area contributed by atoms with Crippen molar-refractivity contribution in [3.8, 4) is 0 Å². The molecule has 2 N–H and O–H groups in total. The molecule has 2 fully saturated rings. The van der Waals surface area contributed by atoms with Gasteiger partial charge in [-0.2, -0.15) is 4.31 Å². The molecule has 1 heterocycles. The highest BCUT2D eigenvalue weighted by atomic mass is 32.2. The van der Waals surface area contributed by atoms with Crippen molar-refractivity contribution in [2.75, 3.05) is 13.2 Å². The van der Waals surface area contributed by atoms with E-state index >= 15 is 0 Å². The molecule has 1 aliphatic carbocycles. The smallest absolute Gasteiger partial charge is 0.324 e. The lowest BCUT2D eigenvalue weighted by Gasteiger charge is -2.33. The number of hydrogen-bond donors (Lipinski definition) is 2. The van der Waals surface area contributed by atoms with Crippen molar-refractivity contribution in [2.24, 2.45) is 0 Å². The van der Waals surface area contributed by atoms with E-state index in [0.717, 1.165) is 42.0 Å². The highest BCUT2D eigenvalue weighted by molar-refractivity contribution is 7.89. The molecular formula is C22H31N3O6S. The first-order valence-corrected chi connectivity index (χ1v) is 12.6. The van der Waals surface area contributed by atoms with Gasteiger partial charge < -0.3 is 10.1 Å². The van der Waals surface area contributed by atoms with Crippen LogP contribution in [-0.2, 0) is 24.3 Å². The topological polar surface area (TPSA) is 122 Å². The monoisotopic (exact) mass is 465 g/mol. The first-order valence-electron chi connectivity index (χ1n) is 11.1. The number of carbonyl (C=O) groups excluding carboxylic acids is 3. The van der Waals surface area contributed by atoms with E-state index in [4.69, 9.17) is 4.74 Å². The Kier molecular flexibility index (Phi) is 8.25. The molecule has 32 heavy (non-hydrogen) atoms. The number of carbonyl (C=O) groups is 3. The standard InChI is InChI=1S/C22H31N3O6S/c1-16-10-12-18(13-11-16)32(29,30)25-14-6-5-9-19(25)21(27)31-15-20(26)24-22(28)23-17-7-3-2-4-8-17/h10-13,17,19H,2-9,14-15H2,1H3,(H2,23,24,26,28). The van der Waals surface area contributed by atoms with E-state index in [1.165, 1.54) is 12.1 Å². The Morgan fingerprint density at radius 3 is 2.34 bits per heavy atom. The van der Waals surface area contributed by atoms with Crippen LogP contribution in [0.3, 0.4) is 0 Å². The van der Waals surface area contributed by atoms with E-state index < -0.39 is 40.6 Å². The molecule has 0 bridgehead atoms. The number of esters is 1. The van der Waals surface area contributed by atoms with E-state index in [0.29, 0.717) is 19.3 Å². The summed E-state index contributed by atoms with van der Waals surface area (Å²) >= 11 is 0. The number of imide groups is 1. The van der Waals surface area contributed by atoms with Gasteiger partial charge in [0, 0.05) is 12.6 Å². The molecule has 176 valence electrons. The molecule has 10 heteroatoms. The molecule has 0 aromatic heterocycles. The maximum atomic E-state index is 13.1. The van der Waals surface area contributed by atoms with Gasteiger partial charge in [0.2, 0.25) is 10.0 Å². The first-order chi connectivity index (χ1) is 15.3. The summed E-state index contributed by atoms with van der Waals surface area (Å²) in [6.07, 6.45) is 6.61. The van der Waals surface area contributed by atoms with Crippen molar-refractivity contribution >= 4 is 27.9 Å². The molecule has 2 aliphatic rings. The minimum atomic E-state index is -3.88. The van der Waals surface area contributed by atoms with Gasteiger partial charge in [0.05, 0.1) is 4.90 Å². The molecule has 0 radical (unpaired) electrons. The summed E-state index contributed by atoms with van der Waals surface area (Å²) in [5.41, 5.74) is 0.928. The third-order valence-electron chi connectivity index (χ3n) is 5.89. The van der Waals surface area contributed by atoms with Crippen molar-refractivity contribution < 1.29 is 27.5 Å². The molecule has 1 saturated heterocycles. The Bertz CT molecular complexity index is 925. The molecule has 1 unspecified atom stereocenters. The van der Waals surface area contributed by atoms with Crippen LogP contribution in [0, 0.1) is 6.92 Å². The SMILES string of the molecule is Cc1ccc(S(=O)(=O)N2CCCCC2C(=O)OCC(=O)NC(=O)NC2CCCCC2)cc1. The van der Waals surface area contributed by atoms with Gasteiger partial charge in [-0.3, -0.25) is 14.9 Å². The van der Waals surface area contributed by atoms with Gasteiger partial charge in [-0.15, -0.1) is 0 Å². The zero-order chi connectivity index (χ0) is 23.1. The van der Waals surface area contributed by atoms with E-state index in [2.05, 4.69) is 10.6 Å². The Balaban J connectivity index is 1.55. The zero-order valence-electron chi connectivity index (χ0n) is 18.3. The number of nitrogens with zero attached hydrogens (tertiary/aromatic N) is 1. The van der Waals surface area contributed by atoms with Crippen LogP contribution in [0.25, 0.3) is 0 Å². The summed E-state index contributed by atoms with van der Waals surface area (Å²) in [4.78, 5) is 36.7. The Morgan fingerprint density at radius 2 is 1.66 bits per heavy atom. The van der Waals surface area contributed by atoms with E-state index in [-0.39, 0.29) is 17.5 Å². The highest BCUT2D eigenvalue weighted by Gasteiger charge is 2.38. The number of ether oxygens (including phenoxy) is 1. The molecule has 3 rings (SSSR count). The molecule has 1 aliphatic heterocycles. The van der Waals surface area contributed by atoms with Gasteiger partial charge in [-0.05, 0) is 51.2 Å². The lowest BCUT2D eigenvalue weighted by Crippen LogP contribution is -2.49. The molecular weight excluding hydrogens is 434 g/mol. The Morgan fingerprint density at radius 1 is 1.00 bits per heavy atom. The number of sulfonamides is 1. The molecule has 1 aromatic rings. The second-order valence-corrected chi connectivity index (χ2v) is 10.3. The second kappa shape index (κ2) is 10.9. The van der Waals surface area contributed by atoms with E-state index in [1.807, 2.05) is 6.92 Å². The predicted octanol–water partition coefficient (Wildman–Crippen LogP) is 2.24. The third kappa shape index (κ3) is 6.29. The largest absolute Gasteiger partial charge is 0.454 e. The fourth-order valence-electron chi connectivity index (χ4n) is 4.14. The molecule has 1 saturated carbocycles. The average Bonchev–Trinajstić information content (AvgIpc) is 2.78. The molecule has 0 spiro atoms. The van der Waals surface area contributed by atoms with Crippen molar-refractivity contribution in [2.45, 2.75) is 75.3 Å². The maximum Gasteiger partial charge on any atom is 0.324 e. The van der Waals surface area contributed by atoms with Crippen LogP contribution in [0.5, 0.6) is 0 Å². The quantitative estimate of drug-likeness (QED) is 0.622. The number of aryl methyl sites for hydroxylation is 1. The van der Waals surface area contributed by atoms with E-state index in [1.54, 1.807) is 12.1 Å². The fraction of sp³-hybridized carbons (Fsp3) is 0.591. The van der Waals surface area contributed by atoms with E-state index in [9.17, 15) is 22.8 Å². The average molecular weight is 466 g/mol. The van der Waals surface area contributed by atoms with Crippen molar-refractivity contribution in [3.05, 3.63) is 29.8 Å². The fourth-order valence-corrected chi connectivity index (χ4v) is 5.78. The number of benzene rings is 1. The maximum absolute atomic E-state index is 13.1. The highest BCUT2D eigenvalue weighted by Crippen LogP contribution is 2.26. The number of hydrogen-bond acceptors (Lipinski definition) is 6. The normalized spacial score (nSPS) is 20.3. The summed E-state index contributed by atoms with van der Waals surface area (Å²) in [6.45, 7) is 1.41. The Hall–Kier alpha value is -2.46. The summed E-state index contributed by atoms with van der Waals surface area (Å²) in [5, 5.41) is 4.91. The number of urea groups is 1. The summed E-state index contributed by atoms with van der Waals surface area (Å²) in [5.74, 6) is -1.54. The lowest BCUT2D eigenvalue weighted by atomic mass is 9.96. The van der Waals surface area contributed by atoms with Gasteiger partial charge >= 0.3 is 12.0 Å². The minimum absolute atomic E-state index is 0.0434. The summed E-state index contributed by atoms with van der Waals surface area (Å²) in [7, 11) is -3.88. The van der Waals surface area contributed by atoms with Gasteiger partial charge in [0.25, 0.3) is 5.91 Å². The second-order valence-electron chi connectivity index (χ2n) is 8.40. The summed E-state index contributed by atoms with van der Waals surface area (Å²) in [6, 6.07) is 4.86. The van der Waals surface area contributed by atoms with Crippen LogP contribution in [0.1, 0.15) is 56.9 Å². The number of amides is 3. The lowest BCUT2D eigenvalue weighted by molar-refractivity contribution is -0.152. The van der Waals surface area contributed by atoms with Crippen LogP contribution >= 0.6 is 0 Å². The summed E-state index contributed by atoms with van der Waals surface area (Å²) < 4.78 is 32.4. The first kappa shape index (κ1) is 24.2. The van der Waals surface area contributed by atoms with Crippen LogP contribution in [0.15, 0.2) is 29.2 Å². The van der Waals surface area contributed by atoms with Crippen LogP contribution in [0.4, 0.5) is 4.79 Å². The van der Waals surface area contributed by atoms with Crippen molar-refractivity contribution in [1.82, 2.24) is 14.9 Å². The number of rotatable bonds is 6. The number of nitrogens with one attached hydrogen (secondary N) is 2. The molecule has 3 amide bonds. The molecule has 1 aromatic carbocycles. The Labute approximate surface area is 188 Å². The van der Waals surface area contributed by atoms with Gasteiger partial charge in [0.1, 0.15) is 6.04 Å². The molecule has 9 nitrogen and oxygen atoms in total. The van der Waals surface area contributed by atoms with Crippen molar-refractivity contribution in [1.29, 1.82) is 0 Å². The van der Waals surface area contributed by atoms with Crippen molar-refractivity contribution in [3.63, 3.8) is 0 Å². The number of piperidine rings is 1. The van der Waals surface area contributed by atoms with Gasteiger partial charge in [-0.1, -0.05) is 37.0 Å². The minimum Gasteiger partial charge on any atom is -0.454 e. The van der Waals surface area contributed by atoms with Gasteiger partial charge in [0.15, 0.2) is 6.61 Å².